The minimum atomic E-state index is -0.656. The molecule has 0 radical (unpaired) electrons. The smallest absolute Gasteiger partial charge is 0.412 e. The fourth-order valence-electron chi connectivity index (χ4n) is 1.62. The molecule has 2 amide bonds. The molecule has 0 unspecified atom stereocenters. The second-order valence-electron chi connectivity index (χ2n) is 4.22. The maximum absolute atomic E-state index is 11.9. The minimum Gasteiger partial charge on any atom is -0.453 e. The predicted octanol–water partition coefficient (Wildman–Crippen LogP) is 0.137. The number of amides is 2. The third-order valence-electron chi connectivity index (χ3n) is 2.51. The van der Waals surface area contributed by atoms with E-state index in [1.165, 1.54) is 13.3 Å². The quantitative estimate of drug-likeness (QED) is 0.828. The molecule has 0 aliphatic carbocycles. The number of hydrogen-bond donors (Lipinski definition) is 2. The third kappa shape index (κ3) is 3.78. The number of carbonyl (C=O) groups excluding carboxylic acids is 2. The van der Waals surface area contributed by atoms with E-state index in [9.17, 15) is 9.59 Å². The van der Waals surface area contributed by atoms with Crippen molar-refractivity contribution in [2.24, 2.45) is 7.05 Å². The molecule has 0 aliphatic heterocycles. The molecule has 0 saturated heterocycles. The molecule has 0 aromatic carbocycles. The lowest BCUT2D eigenvalue weighted by Gasteiger charge is -2.04. The normalized spacial score (nSPS) is 10.2. The Morgan fingerprint density at radius 2 is 2.10 bits per heavy atom. The van der Waals surface area contributed by atoms with Gasteiger partial charge in [0.1, 0.15) is 12.4 Å². The van der Waals surface area contributed by atoms with Crippen LogP contribution in [-0.4, -0.2) is 43.9 Å². The first kappa shape index (κ1) is 14.5. The SMILES string of the molecule is COC(=O)Nc1cnn(CC(=O)Nc2cc(C)nn2C)n1. The molecule has 0 atom stereocenters. The van der Waals surface area contributed by atoms with Crippen molar-refractivity contribution in [3.63, 3.8) is 0 Å². The van der Waals surface area contributed by atoms with Gasteiger partial charge in [-0.3, -0.25) is 14.8 Å². The number of ether oxygens (including phenoxy) is 1. The van der Waals surface area contributed by atoms with Gasteiger partial charge in [-0.1, -0.05) is 0 Å². The molecule has 10 nitrogen and oxygen atoms in total. The summed E-state index contributed by atoms with van der Waals surface area (Å²) in [7, 11) is 2.97. The Morgan fingerprint density at radius 3 is 2.71 bits per heavy atom. The van der Waals surface area contributed by atoms with Gasteiger partial charge in [-0.25, -0.2) is 4.79 Å². The van der Waals surface area contributed by atoms with Crippen molar-refractivity contribution in [1.82, 2.24) is 24.8 Å². The average molecular weight is 293 g/mol. The minimum absolute atomic E-state index is 0.0902. The van der Waals surface area contributed by atoms with Crippen molar-refractivity contribution < 1.29 is 14.3 Å². The van der Waals surface area contributed by atoms with Crippen molar-refractivity contribution >= 4 is 23.6 Å². The summed E-state index contributed by atoms with van der Waals surface area (Å²) in [5.41, 5.74) is 0.801. The summed E-state index contributed by atoms with van der Waals surface area (Å²) in [6.07, 6.45) is 0.662. The topological polar surface area (TPSA) is 116 Å². The molecule has 10 heteroatoms. The second kappa shape index (κ2) is 6.03. The van der Waals surface area contributed by atoms with E-state index in [4.69, 9.17) is 0 Å². The zero-order chi connectivity index (χ0) is 15.4. The summed E-state index contributed by atoms with van der Waals surface area (Å²) in [4.78, 5) is 24.0. The van der Waals surface area contributed by atoms with E-state index < -0.39 is 6.09 Å². The summed E-state index contributed by atoms with van der Waals surface area (Å²) in [6, 6.07) is 1.75. The highest BCUT2D eigenvalue weighted by Gasteiger charge is 2.10. The van der Waals surface area contributed by atoms with Crippen LogP contribution in [0.15, 0.2) is 12.3 Å². The van der Waals surface area contributed by atoms with E-state index in [2.05, 4.69) is 30.7 Å². The Balaban J connectivity index is 1.94. The number of aryl methyl sites for hydroxylation is 2. The molecule has 112 valence electrons. The van der Waals surface area contributed by atoms with Gasteiger partial charge in [0, 0.05) is 13.1 Å². The lowest BCUT2D eigenvalue weighted by molar-refractivity contribution is -0.117. The van der Waals surface area contributed by atoms with E-state index in [1.807, 2.05) is 6.92 Å². The van der Waals surface area contributed by atoms with Gasteiger partial charge in [0.05, 0.1) is 19.0 Å². The van der Waals surface area contributed by atoms with Crippen molar-refractivity contribution in [3.05, 3.63) is 18.0 Å². The Kier molecular flexibility index (Phi) is 4.16. The van der Waals surface area contributed by atoms with Crippen LogP contribution in [-0.2, 0) is 23.1 Å². The molecule has 2 aromatic rings. The number of hydrogen-bond acceptors (Lipinski definition) is 6. The number of rotatable bonds is 4. The van der Waals surface area contributed by atoms with Crippen LogP contribution in [0.25, 0.3) is 0 Å². The second-order valence-corrected chi connectivity index (χ2v) is 4.22. The van der Waals surface area contributed by atoms with Crippen molar-refractivity contribution in [2.75, 3.05) is 17.7 Å². The number of carbonyl (C=O) groups is 2. The number of aromatic nitrogens is 5. The zero-order valence-corrected chi connectivity index (χ0v) is 11.8. The van der Waals surface area contributed by atoms with Gasteiger partial charge < -0.3 is 10.1 Å². The van der Waals surface area contributed by atoms with E-state index >= 15 is 0 Å². The maximum Gasteiger partial charge on any atom is 0.412 e. The van der Waals surface area contributed by atoms with E-state index in [1.54, 1.807) is 17.8 Å². The maximum atomic E-state index is 11.9. The highest BCUT2D eigenvalue weighted by molar-refractivity contribution is 5.89. The van der Waals surface area contributed by atoms with Crippen LogP contribution >= 0.6 is 0 Å². The van der Waals surface area contributed by atoms with Crippen LogP contribution < -0.4 is 10.6 Å². The lowest BCUT2D eigenvalue weighted by atomic mass is 10.4. The highest BCUT2D eigenvalue weighted by atomic mass is 16.5. The first-order valence-corrected chi connectivity index (χ1v) is 6.03. The van der Waals surface area contributed by atoms with Gasteiger partial charge in [0.2, 0.25) is 5.91 Å². The monoisotopic (exact) mass is 293 g/mol. The average Bonchev–Trinajstić information content (AvgIpc) is 2.96. The molecule has 0 saturated carbocycles. The Hall–Kier alpha value is -2.91. The molecule has 2 N–H and O–H groups in total. The molecule has 2 heterocycles. The van der Waals surface area contributed by atoms with Crippen LogP contribution in [0.1, 0.15) is 5.69 Å². The third-order valence-corrected chi connectivity index (χ3v) is 2.51. The predicted molar refractivity (Wildman–Crippen MR) is 72.6 cm³/mol. The number of nitrogens with zero attached hydrogens (tertiary/aromatic N) is 5. The zero-order valence-electron chi connectivity index (χ0n) is 11.8. The van der Waals surface area contributed by atoms with Crippen LogP contribution in [0, 0.1) is 6.92 Å². The van der Waals surface area contributed by atoms with E-state index in [-0.39, 0.29) is 18.3 Å². The number of methoxy groups -OCH3 is 1. The lowest BCUT2D eigenvalue weighted by Crippen LogP contribution is -2.22. The first-order chi connectivity index (χ1) is 9.97. The Bertz CT molecular complexity index is 661. The van der Waals surface area contributed by atoms with Crippen molar-refractivity contribution in [1.29, 1.82) is 0 Å². The molecular weight excluding hydrogens is 278 g/mol. The van der Waals surface area contributed by atoms with Crippen LogP contribution in [0.4, 0.5) is 16.4 Å². The van der Waals surface area contributed by atoms with E-state index in [0.29, 0.717) is 5.82 Å². The van der Waals surface area contributed by atoms with Gasteiger partial charge >= 0.3 is 6.09 Å². The number of anilines is 2. The van der Waals surface area contributed by atoms with Gasteiger partial charge in [-0.15, -0.1) is 5.10 Å². The van der Waals surface area contributed by atoms with Crippen LogP contribution in [0.3, 0.4) is 0 Å². The summed E-state index contributed by atoms with van der Waals surface area (Å²) in [5, 5.41) is 16.9. The summed E-state index contributed by atoms with van der Waals surface area (Å²) < 4.78 is 5.99. The molecule has 0 aliphatic rings. The molecule has 2 rings (SSSR count). The summed E-state index contributed by atoms with van der Waals surface area (Å²) >= 11 is 0. The van der Waals surface area contributed by atoms with Crippen LogP contribution in [0.5, 0.6) is 0 Å². The van der Waals surface area contributed by atoms with Crippen molar-refractivity contribution in [3.8, 4) is 0 Å². The largest absolute Gasteiger partial charge is 0.453 e. The fourth-order valence-corrected chi connectivity index (χ4v) is 1.62. The van der Waals surface area contributed by atoms with Crippen molar-refractivity contribution in [2.45, 2.75) is 13.5 Å². The molecule has 0 spiro atoms. The number of nitrogens with one attached hydrogen (secondary N) is 2. The van der Waals surface area contributed by atoms with E-state index in [0.717, 1.165) is 10.5 Å². The summed E-state index contributed by atoms with van der Waals surface area (Å²) in [5.74, 6) is 0.474. The Labute approximate surface area is 120 Å². The summed E-state index contributed by atoms with van der Waals surface area (Å²) in [6.45, 7) is 1.74. The van der Waals surface area contributed by atoms with Gasteiger partial charge in [-0.2, -0.15) is 15.0 Å². The highest BCUT2D eigenvalue weighted by Crippen LogP contribution is 2.08. The fraction of sp³-hybridized carbons (Fsp3) is 0.364. The Morgan fingerprint density at radius 1 is 1.33 bits per heavy atom. The van der Waals surface area contributed by atoms with Gasteiger partial charge in [-0.05, 0) is 6.92 Å². The molecule has 2 aromatic heterocycles. The molecule has 0 fully saturated rings. The molecule has 0 bridgehead atoms. The van der Waals surface area contributed by atoms with Gasteiger partial charge in [0.25, 0.3) is 0 Å². The molecular formula is C11H15N7O3. The van der Waals surface area contributed by atoms with Crippen LogP contribution in [0.2, 0.25) is 0 Å². The standard InChI is InChI=1S/C11H15N7O3/c1-7-4-9(17(2)15-7)14-10(19)6-18-12-5-8(16-18)13-11(20)21-3/h4-5H,6H2,1-3H3,(H,14,19)(H,13,16,20). The molecule has 21 heavy (non-hydrogen) atoms. The van der Waals surface area contributed by atoms with Gasteiger partial charge in [0.15, 0.2) is 5.82 Å². The first-order valence-electron chi connectivity index (χ1n) is 6.03.